The number of aliphatic carboxylic acids is 1. The number of carboxylic acids is 1. The Balaban J connectivity index is 1.26. The molecule has 1 atom stereocenters. The first kappa shape index (κ1) is 26.1. The average molecular weight is 581 g/mol. The Kier molecular flexibility index (Phi) is 6.38. The molecule has 0 radical (unpaired) electrons. The summed E-state index contributed by atoms with van der Waals surface area (Å²) in [7, 11) is 1.56. The number of hydrogen-bond acceptors (Lipinski definition) is 7. The van der Waals surface area contributed by atoms with Crippen molar-refractivity contribution in [3.63, 3.8) is 0 Å². The molecular formula is C28H22F2N4O4S2. The molecule has 1 aliphatic carbocycles. The van der Waals surface area contributed by atoms with E-state index in [1.165, 1.54) is 33.6 Å². The molecule has 1 fully saturated rings. The zero-order valence-electron chi connectivity index (χ0n) is 21.3. The Morgan fingerprint density at radius 3 is 2.45 bits per heavy atom. The first-order valence-corrected chi connectivity index (χ1v) is 14.0. The van der Waals surface area contributed by atoms with Gasteiger partial charge < -0.3 is 9.84 Å². The Hall–Kier alpha value is -4.16. The van der Waals surface area contributed by atoms with Crippen LogP contribution in [0.25, 0.3) is 31.2 Å². The van der Waals surface area contributed by atoms with Crippen LogP contribution in [0.5, 0.6) is 0 Å². The van der Waals surface area contributed by atoms with Crippen LogP contribution in [-0.2, 0) is 22.0 Å². The van der Waals surface area contributed by atoms with Gasteiger partial charge in [-0.05, 0) is 43.5 Å². The predicted molar refractivity (Wildman–Crippen MR) is 149 cm³/mol. The molecule has 12 heteroatoms. The molecule has 8 nitrogen and oxygen atoms in total. The molecule has 1 saturated carbocycles. The van der Waals surface area contributed by atoms with Crippen molar-refractivity contribution in [3.05, 3.63) is 76.8 Å². The molecule has 5 aromatic rings. The van der Waals surface area contributed by atoms with Crippen molar-refractivity contribution < 1.29 is 28.2 Å². The predicted octanol–water partition coefficient (Wildman–Crippen LogP) is 7.13. The standard InChI is InChI=1S/C28H22F2N4O4S2/c1-14(15-6-4-3-5-7-15)38-27(37)32-23-18(13-31-34(23)2)16-10-20(30)17(11-19(16)29)24-33-25-21(39-24)12-22(40-25)28(8-9-28)26(35)36/h3-7,10-14H,8-9H2,1-2H3,(H,32,37)(H,35,36)/t14-/m1/s1. The summed E-state index contributed by atoms with van der Waals surface area (Å²) in [5.74, 6) is -2.13. The fourth-order valence-corrected chi connectivity index (χ4v) is 7.03. The molecule has 0 unspecified atom stereocenters. The first-order chi connectivity index (χ1) is 19.2. The third-order valence-corrected chi connectivity index (χ3v) is 9.41. The van der Waals surface area contributed by atoms with Crippen LogP contribution in [0.2, 0.25) is 0 Å². The number of fused-ring (bicyclic) bond motifs is 1. The molecule has 3 aromatic heterocycles. The van der Waals surface area contributed by atoms with Crippen molar-refractivity contribution in [2.24, 2.45) is 7.05 Å². The van der Waals surface area contributed by atoms with Gasteiger partial charge in [-0.25, -0.2) is 18.6 Å². The van der Waals surface area contributed by atoms with Crippen molar-refractivity contribution in [2.75, 3.05) is 5.32 Å². The number of thiazole rings is 1. The van der Waals surface area contributed by atoms with Crippen LogP contribution in [-0.4, -0.2) is 31.9 Å². The fraction of sp³-hybridized carbons (Fsp3) is 0.214. The van der Waals surface area contributed by atoms with Crippen LogP contribution >= 0.6 is 22.7 Å². The van der Waals surface area contributed by atoms with Crippen LogP contribution in [0.4, 0.5) is 19.4 Å². The van der Waals surface area contributed by atoms with Crippen LogP contribution in [0, 0.1) is 11.6 Å². The van der Waals surface area contributed by atoms with E-state index >= 15 is 8.78 Å². The molecule has 6 rings (SSSR count). The summed E-state index contributed by atoms with van der Waals surface area (Å²) in [6.07, 6.45) is 1.20. The Morgan fingerprint density at radius 1 is 1.07 bits per heavy atom. The van der Waals surface area contributed by atoms with Crippen LogP contribution in [0.15, 0.2) is 54.7 Å². The molecule has 1 aliphatic rings. The quantitative estimate of drug-likeness (QED) is 0.212. The van der Waals surface area contributed by atoms with E-state index in [9.17, 15) is 14.7 Å². The summed E-state index contributed by atoms with van der Waals surface area (Å²) in [4.78, 5) is 30.1. The van der Waals surface area contributed by atoms with E-state index in [1.54, 1.807) is 20.0 Å². The van der Waals surface area contributed by atoms with Gasteiger partial charge in [0.1, 0.15) is 38.8 Å². The van der Waals surface area contributed by atoms with Crippen molar-refractivity contribution in [1.29, 1.82) is 0 Å². The highest BCUT2D eigenvalue weighted by molar-refractivity contribution is 7.28. The van der Waals surface area contributed by atoms with Crippen molar-refractivity contribution in [1.82, 2.24) is 14.8 Å². The molecule has 40 heavy (non-hydrogen) atoms. The lowest BCUT2D eigenvalue weighted by Crippen LogP contribution is -2.18. The third kappa shape index (κ3) is 4.52. The van der Waals surface area contributed by atoms with Crippen LogP contribution in [0.1, 0.15) is 36.3 Å². The van der Waals surface area contributed by atoms with Gasteiger partial charge in [-0.15, -0.1) is 22.7 Å². The van der Waals surface area contributed by atoms with Crippen molar-refractivity contribution in [2.45, 2.75) is 31.3 Å². The van der Waals surface area contributed by atoms with E-state index in [4.69, 9.17) is 4.74 Å². The van der Waals surface area contributed by atoms with Gasteiger partial charge >= 0.3 is 12.1 Å². The number of ether oxygens (including phenoxy) is 1. The summed E-state index contributed by atoms with van der Waals surface area (Å²) < 4.78 is 38.3. The Labute approximate surface area is 234 Å². The van der Waals surface area contributed by atoms with Gasteiger partial charge in [-0.1, -0.05) is 30.3 Å². The van der Waals surface area contributed by atoms with E-state index in [-0.39, 0.29) is 22.5 Å². The molecule has 2 aromatic carbocycles. The highest BCUT2D eigenvalue weighted by Gasteiger charge is 2.53. The smallest absolute Gasteiger partial charge is 0.413 e. The highest BCUT2D eigenvalue weighted by atomic mass is 32.1. The molecule has 0 saturated heterocycles. The number of anilines is 1. The summed E-state index contributed by atoms with van der Waals surface area (Å²) in [5, 5.41) is 16.6. The Morgan fingerprint density at radius 2 is 1.77 bits per heavy atom. The maximum absolute atomic E-state index is 15.4. The summed E-state index contributed by atoms with van der Waals surface area (Å²) >= 11 is 2.45. The minimum Gasteiger partial charge on any atom is -0.481 e. The molecule has 0 bridgehead atoms. The number of carbonyl (C=O) groups excluding carboxylic acids is 1. The fourth-order valence-electron chi connectivity index (χ4n) is 4.56. The van der Waals surface area contributed by atoms with Gasteiger partial charge in [0.15, 0.2) is 0 Å². The monoisotopic (exact) mass is 580 g/mol. The number of aryl methyl sites for hydroxylation is 1. The lowest BCUT2D eigenvalue weighted by Gasteiger charge is -2.15. The van der Waals surface area contributed by atoms with Gasteiger partial charge in [-0.3, -0.25) is 14.8 Å². The minimum absolute atomic E-state index is 0.00920. The summed E-state index contributed by atoms with van der Waals surface area (Å²) in [6, 6.07) is 13.1. The second kappa shape index (κ2) is 9.79. The maximum atomic E-state index is 15.4. The van der Waals surface area contributed by atoms with Crippen molar-refractivity contribution >= 4 is 50.1 Å². The molecule has 0 aliphatic heterocycles. The third-order valence-electron chi connectivity index (χ3n) is 7.01. The highest BCUT2D eigenvalue weighted by Crippen LogP contribution is 2.52. The molecule has 1 amide bonds. The molecule has 3 heterocycles. The molecule has 0 spiro atoms. The van der Waals surface area contributed by atoms with Gasteiger partial charge in [-0.2, -0.15) is 5.10 Å². The lowest BCUT2D eigenvalue weighted by atomic mass is 10.0. The van der Waals surface area contributed by atoms with Gasteiger partial charge in [0.25, 0.3) is 0 Å². The number of hydrogen-bond donors (Lipinski definition) is 2. The molecule has 204 valence electrons. The van der Waals surface area contributed by atoms with E-state index in [0.717, 1.165) is 27.3 Å². The number of benzene rings is 2. The SMILES string of the molecule is C[C@@H](OC(=O)Nc1c(-c2cc(F)c(-c3nc4sc(C5(C(=O)O)CC5)cc4s3)cc2F)cnn1C)c1ccccc1. The van der Waals surface area contributed by atoms with Crippen LogP contribution < -0.4 is 5.32 Å². The average Bonchev–Trinajstić information content (AvgIpc) is 3.34. The van der Waals surface area contributed by atoms with Gasteiger partial charge in [0.05, 0.1) is 10.9 Å². The van der Waals surface area contributed by atoms with Gasteiger partial charge in [0, 0.05) is 28.6 Å². The van der Waals surface area contributed by atoms with E-state index in [2.05, 4.69) is 15.4 Å². The number of amides is 1. The van der Waals surface area contributed by atoms with E-state index in [1.807, 2.05) is 30.3 Å². The zero-order chi connectivity index (χ0) is 28.2. The second-order valence-electron chi connectivity index (χ2n) is 9.61. The largest absolute Gasteiger partial charge is 0.481 e. The number of nitrogens with zero attached hydrogens (tertiary/aromatic N) is 3. The second-order valence-corrected chi connectivity index (χ2v) is 11.7. The number of aromatic nitrogens is 3. The Bertz CT molecular complexity index is 1740. The number of rotatable bonds is 7. The van der Waals surface area contributed by atoms with Gasteiger partial charge in [0.2, 0.25) is 0 Å². The normalized spacial score (nSPS) is 14.7. The number of carbonyl (C=O) groups is 2. The van der Waals surface area contributed by atoms with E-state index < -0.39 is 35.2 Å². The minimum atomic E-state index is -0.853. The topological polar surface area (TPSA) is 106 Å². The first-order valence-electron chi connectivity index (χ1n) is 12.3. The molecule has 2 N–H and O–H groups in total. The summed E-state index contributed by atoms with van der Waals surface area (Å²) in [6.45, 7) is 1.73. The number of carboxylic acid groups (broad SMARTS) is 1. The zero-order valence-corrected chi connectivity index (χ0v) is 22.9. The summed E-state index contributed by atoms with van der Waals surface area (Å²) in [5.41, 5.74) is 0.0523. The van der Waals surface area contributed by atoms with Crippen molar-refractivity contribution in [3.8, 4) is 21.7 Å². The number of halogens is 2. The van der Waals surface area contributed by atoms with Crippen LogP contribution in [0.3, 0.4) is 0 Å². The maximum Gasteiger partial charge on any atom is 0.413 e. The number of nitrogens with one attached hydrogen (secondary N) is 1. The lowest BCUT2D eigenvalue weighted by molar-refractivity contribution is -0.139. The number of thiophene rings is 1. The van der Waals surface area contributed by atoms with E-state index in [0.29, 0.717) is 22.7 Å². The molecular weight excluding hydrogens is 558 g/mol.